The summed E-state index contributed by atoms with van der Waals surface area (Å²) in [5.41, 5.74) is 0.416. The molecule has 0 radical (unpaired) electrons. The van der Waals surface area contributed by atoms with E-state index in [4.69, 9.17) is 4.74 Å². The van der Waals surface area contributed by atoms with Crippen LogP contribution in [0.1, 0.15) is 50.4 Å². The molecule has 1 aromatic carbocycles. The van der Waals surface area contributed by atoms with Crippen molar-refractivity contribution < 1.29 is 19.4 Å². The van der Waals surface area contributed by atoms with E-state index in [-0.39, 0.29) is 23.1 Å². The smallest absolute Gasteiger partial charge is 0.172 e. The van der Waals surface area contributed by atoms with E-state index in [1.165, 1.54) is 57.2 Å². The molecule has 5 heteroatoms. The number of thioether (sulfide) groups is 1. The Bertz CT molecular complexity index is 470. The molecule has 0 unspecified atom stereocenters. The van der Waals surface area contributed by atoms with E-state index in [1.807, 2.05) is 0 Å². The molecule has 0 aliphatic carbocycles. The summed E-state index contributed by atoms with van der Waals surface area (Å²) >= 11 is 1.27. The summed E-state index contributed by atoms with van der Waals surface area (Å²) < 4.78 is 4.88. The maximum absolute atomic E-state index is 11.7. The number of hydrogen-bond donors (Lipinski definition) is 1. The average Bonchev–Trinajstić information content (AvgIpc) is 2.48. The van der Waals surface area contributed by atoms with Crippen molar-refractivity contribution in [3.8, 4) is 11.5 Å². The summed E-state index contributed by atoms with van der Waals surface area (Å²) in [5, 5.41) is 9.52. The lowest BCUT2D eigenvalue weighted by Crippen LogP contribution is -2.05. The summed E-state index contributed by atoms with van der Waals surface area (Å²) in [4.78, 5) is 22.4. The van der Waals surface area contributed by atoms with Gasteiger partial charge in [-0.05, 0) is 25.1 Å². The van der Waals surface area contributed by atoms with E-state index in [0.717, 1.165) is 0 Å². The first-order valence-electron chi connectivity index (χ1n) is 7.43. The second-order valence-electron chi connectivity index (χ2n) is 4.86. The molecule has 0 aliphatic rings. The van der Waals surface area contributed by atoms with E-state index >= 15 is 0 Å². The lowest BCUT2D eigenvalue weighted by molar-refractivity contribution is -0.114. The second kappa shape index (κ2) is 12.1. The van der Waals surface area contributed by atoms with Gasteiger partial charge in [0.1, 0.15) is 5.78 Å². The van der Waals surface area contributed by atoms with Crippen LogP contribution in [0.4, 0.5) is 0 Å². The first-order valence-corrected chi connectivity index (χ1v) is 8.59. The van der Waals surface area contributed by atoms with Crippen LogP contribution >= 0.6 is 11.8 Å². The van der Waals surface area contributed by atoms with Crippen LogP contribution in [-0.4, -0.2) is 35.3 Å². The van der Waals surface area contributed by atoms with Crippen LogP contribution in [0.3, 0.4) is 0 Å². The van der Waals surface area contributed by atoms with Crippen molar-refractivity contribution in [3.05, 3.63) is 23.8 Å². The Morgan fingerprint density at radius 2 is 1.82 bits per heavy atom. The van der Waals surface area contributed by atoms with Gasteiger partial charge in [0.2, 0.25) is 0 Å². The first kappa shape index (κ1) is 20.5. The van der Waals surface area contributed by atoms with Crippen LogP contribution < -0.4 is 4.74 Å². The molecule has 0 saturated carbocycles. The maximum Gasteiger partial charge on any atom is 0.172 e. The summed E-state index contributed by atoms with van der Waals surface area (Å²) in [6.07, 6.45) is 4.08. The van der Waals surface area contributed by atoms with Gasteiger partial charge in [-0.15, -0.1) is 11.8 Å². The first-order chi connectivity index (χ1) is 10.5. The Balaban J connectivity index is 0.000000763. The number of ketones is 2. The molecular weight excluding hydrogens is 300 g/mol. The van der Waals surface area contributed by atoms with E-state index in [1.54, 1.807) is 6.07 Å². The fourth-order valence-electron chi connectivity index (χ4n) is 1.59. The van der Waals surface area contributed by atoms with Gasteiger partial charge < -0.3 is 9.84 Å². The molecular formula is C17H26O4S. The van der Waals surface area contributed by atoms with Gasteiger partial charge in [0.15, 0.2) is 17.3 Å². The molecule has 1 rings (SSSR count). The van der Waals surface area contributed by atoms with Crippen LogP contribution in [0.25, 0.3) is 0 Å². The Morgan fingerprint density at radius 3 is 2.23 bits per heavy atom. The molecule has 0 spiro atoms. The van der Waals surface area contributed by atoms with Gasteiger partial charge in [-0.25, -0.2) is 0 Å². The van der Waals surface area contributed by atoms with Gasteiger partial charge in [-0.1, -0.05) is 33.1 Å². The second-order valence-corrected chi connectivity index (χ2v) is 5.84. The molecule has 0 saturated heterocycles. The minimum Gasteiger partial charge on any atom is -0.504 e. The van der Waals surface area contributed by atoms with Crippen molar-refractivity contribution in [2.24, 2.45) is 0 Å². The number of carbonyl (C=O) groups is 2. The van der Waals surface area contributed by atoms with E-state index in [9.17, 15) is 14.7 Å². The molecule has 0 aliphatic heterocycles. The van der Waals surface area contributed by atoms with Gasteiger partial charge in [-0.2, -0.15) is 0 Å². The largest absolute Gasteiger partial charge is 0.504 e. The zero-order valence-electron chi connectivity index (χ0n) is 13.8. The number of Topliss-reactive ketones (excluding diaryl/α,β-unsaturated/α-hetero) is 2. The van der Waals surface area contributed by atoms with Crippen LogP contribution in [0.2, 0.25) is 0 Å². The number of phenolic OH excluding ortho intramolecular Hbond substituents is 1. The van der Waals surface area contributed by atoms with E-state index < -0.39 is 0 Å². The zero-order chi connectivity index (χ0) is 17.0. The monoisotopic (exact) mass is 326 g/mol. The minimum absolute atomic E-state index is 0.0420. The third kappa shape index (κ3) is 8.72. The number of unbranched alkanes of at least 4 members (excludes halogenated alkanes) is 2. The number of carbonyl (C=O) groups excluding carboxylic acids is 2. The van der Waals surface area contributed by atoms with Crippen molar-refractivity contribution >= 4 is 23.3 Å². The third-order valence-corrected chi connectivity index (χ3v) is 3.82. The number of ether oxygens (including phenoxy) is 1. The van der Waals surface area contributed by atoms with Gasteiger partial charge in [0, 0.05) is 5.56 Å². The summed E-state index contributed by atoms with van der Waals surface area (Å²) in [7, 11) is 1.44. The van der Waals surface area contributed by atoms with Crippen molar-refractivity contribution in [1.82, 2.24) is 0 Å². The predicted octanol–water partition coefficient (Wildman–Crippen LogP) is 4.10. The molecule has 124 valence electrons. The molecule has 1 N–H and O–H groups in total. The molecule has 22 heavy (non-hydrogen) atoms. The normalized spacial score (nSPS) is 9.64. The number of rotatable bonds is 8. The molecule has 0 amide bonds. The van der Waals surface area contributed by atoms with Gasteiger partial charge >= 0.3 is 0 Å². The highest BCUT2D eigenvalue weighted by Crippen LogP contribution is 2.26. The topological polar surface area (TPSA) is 63.6 Å². The highest BCUT2D eigenvalue weighted by atomic mass is 32.2. The van der Waals surface area contributed by atoms with E-state index in [0.29, 0.717) is 17.1 Å². The van der Waals surface area contributed by atoms with Crippen molar-refractivity contribution in [2.45, 2.75) is 40.0 Å². The maximum atomic E-state index is 11.7. The highest BCUT2D eigenvalue weighted by Gasteiger charge is 2.10. The van der Waals surface area contributed by atoms with Crippen LogP contribution in [0, 0.1) is 0 Å². The number of phenols is 1. The fourth-order valence-corrected chi connectivity index (χ4v) is 2.33. The minimum atomic E-state index is -0.116. The average molecular weight is 326 g/mol. The Kier molecular flexibility index (Phi) is 11.3. The molecule has 4 nitrogen and oxygen atoms in total. The van der Waals surface area contributed by atoms with Gasteiger partial charge in [0.25, 0.3) is 0 Å². The SMILES string of the molecule is CCCCC.COc1ccc(C(=O)CSCC(C)=O)cc1O. The summed E-state index contributed by atoms with van der Waals surface area (Å²) in [5.74, 6) is 0.751. The molecule has 0 fully saturated rings. The van der Waals surface area contributed by atoms with Crippen molar-refractivity contribution in [2.75, 3.05) is 18.6 Å². The van der Waals surface area contributed by atoms with Gasteiger partial charge in [0.05, 0.1) is 18.6 Å². The number of benzene rings is 1. The number of methoxy groups -OCH3 is 1. The Hall–Kier alpha value is -1.49. The molecule has 1 aromatic rings. The zero-order valence-corrected chi connectivity index (χ0v) is 14.7. The number of hydrogen-bond acceptors (Lipinski definition) is 5. The van der Waals surface area contributed by atoms with Crippen LogP contribution in [0.5, 0.6) is 11.5 Å². The van der Waals surface area contributed by atoms with Crippen molar-refractivity contribution in [1.29, 1.82) is 0 Å². The van der Waals surface area contributed by atoms with Crippen LogP contribution in [-0.2, 0) is 4.79 Å². The molecule has 0 aromatic heterocycles. The lowest BCUT2D eigenvalue weighted by Gasteiger charge is -2.05. The van der Waals surface area contributed by atoms with E-state index in [2.05, 4.69) is 13.8 Å². The predicted molar refractivity (Wildman–Crippen MR) is 92.2 cm³/mol. The molecule has 0 heterocycles. The Morgan fingerprint density at radius 1 is 1.18 bits per heavy atom. The standard InChI is InChI=1S/C12H14O4S.C5H12/c1-8(13)6-17-7-11(15)9-3-4-12(16-2)10(14)5-9;1-3-5-4-2/h3-5,14H,6-7H2,1-2H3;3-5H2,1-2H3. The fraction of sp³-hybridized carbons (Fsp3) is 0.529. The van der Waals surface area contributed by atoms with Gasteiger partial charge in [-0.3, -0.25) is 9.59 Å². The Labute approximate surface area is 137 Å². The molecule has 0 atom stereocenters. The lowest BCUT2D eigenvalue weighted by atomic mass is 10.1. The number of aromatic hydroxyl groups is 1. The van der Waals surface area contributed by atoms with Crippen LogP contribution in [0.15, 0.2) is 18.2 Å². The quantitative estimate of drug-likeness (QED) is 0.729. The highest BCUT2D eigenvalue weighted by molar-refractivity contribution is 8.00. The summed E-state index contributed by atoms with van der Waals surface area (Å²) in [6, 6.07) is 4.50. The molecule has 0 bridgehead atoms. The third-order valence-electron chi connectivity index (χ3n) is 2.75. The summed E-state index contributed by atoms with van der Waals surface area (Å²) in [6.45, 7) is 5.91. The van der Waals surface area contributed by atoms with Crippen molar-refractivity contribution in [3.63, 3.8) is 0 Å².